The lowest BCUT2D eigenvalue weighted by molar-refractivity contribution is 0.412. The molecule has 4 nitrogen and oxygen atoms in total. The average Bonchev–Trinajstić information content (AvgIpc) is 2.77. The summed E-state index contributed by atoms with van der Waals surface area (Å²) < 4.78 is 7.03. The van der Waals surface area contributed by atoms with Crippen molar-refractivity contribution >= 4 is 46.3 Å². The fourth-order valence-electron chi connectivity index (χ4n) is 3.62. The van der Waals surface area contributed by atoms with E-state index >= 15 is 0 Å². The number of halogens is 2. The Balaban J connectivity index is 1.91. The van der Waals surface area contributed by atoms with E-state index in [0.29, 0.717) is 38.2 Å². The summed E-state index contributed by atoms with van der Waals surface area (Å²) in [6, 6.07) is 18.5. The fourth-order valence-corrected chi connectivity index (χ4v) is 3.96. The molecule has 0 unspecified atom stereocenters. The van der Waals surface area contributed by atoms with Gasteiger partial charge in [-0.15, -0.1) is 0 Å². The summed E-state index contributed by atoms with van der Waals surface area (Å²) in [5.41, 5.74) is 3.12. The van der Waals surface area contributed by atoms with Crippen LogP contribution in [0.2, 0.25) is 10.0 Å². The monoisotopic (exact) mass is 478 g/mol. The van der Waals surface area contributed by atoms with E-state index in [2.05, 4.69) is 45.0 Å². The molecule has 0 fully saturated rings. The van der Waals surface area contributed by atoms with E-state index in [9.17, 15) is 4.79 Å². The number of fused-ring (bicyclic) bond motifs is 1. The minimum absolute atomic E-state index is 0.0744. The van der Waals surface area contributed by atoms with Gasteiger partial charge >= 0.3 is 0 Å². The molecule has 1 heterocycles. The zero-order valence-corrected chi connectivity index (χ0v) is 20.4. The zero-order valence-electron chi connectivity index (χ0n) is 18.9. The highest BCUT2D eigenvalue weighted by molar-refractivity contribution is 6.31. The summed E-state index contributed by atoms with van der Waals surface area (Å²) in [6.45, 7) is 6.54. The molecule has 0 atom stereocenters. The first kappa shape index (κ1) is 23.1. The van der Waals surface area contributed by atoms with Gasteiger partial charge in [0.05, 0.1) is 23.7 Å². The van der Waals surface area contributed by atoms with Crippen LogP contribution in [0.3, 0.4) is 0 Å². The molecule has 0 amide bonds. The minimum atomic E-state index is -0.236. The molecule has 1 aromatic heterocycles. The van der Waals surface area contributed by atoms with Gasteiger partial charge in [0.15, 0.2) is 0 Å². The Labute approximate surface area is 203 Å². The fraction of sp³-hybridized carbons (Fsp3) is 0.185. The summed E-state index contributed by atoms with van der Waals surface area (Å²) in [5.74, 6) is 0.955. The SMILES string of the molecule is COc1ccc(Cl)cc1-n1c(/C=C/c2ccc(C(C)(C)C)cc2)nc2cc(Cl)ccc2c1=O. The smallest absolute Gasteiger partial charge is 0.266 e. The van der Waals surface area contributed by atoms with Crippen LogP contribution in [0.25, 0.3) is 28.7 Å². The molecule has 4 aromatic rings. The van der Waals surface area contributed by atoms with Crippen molar-refractivity contribution in [3.63, 3.8) is 0 Å². The van der Waals surface area contributed by atoms with Gasteiger partial charge in [-0.05, 0) is 59.0 Å². The van der Waals surface area contributed by atoms with E-state index in [1.165, 1.54) is 10.1 Å². The van der Waals surface area contributed by atoms with Crippen LogP contribution in [0.5, 0.6) is 5.75 Å². The van der Waals surface area contributed by atoms with Crippen molar-refractivity contribution in [3.05, 3.63) is 98.0 Å². The molecule has 0 aliphatic rings. The summed E-state index contributed by atoms with van der Waals surface area (Å²) in [7, 11) is 1.55. The molecule has 0 saturated heterocycles. The summed E-state index contributed by atoms with van der Waals surface area (Å²) in [4.78, 5) is 18.3. The first-order valence-electron chi connectivity index (χ1n) is 10.5. The molecule has 0 N–H and O–H groups in total. The van der Waals surface area contributed by atoms with E-state index in [1.54, 1.807) is 43.5 Å². The van der Waals surface area contributed by atoms with Crippen LogP contribution in [0.1, 0.15) is 37.7 Å². The molecule has 0 aliphatic heterocycles. The maximum Gasteiger partial charge on any atom is 0.266 e. The van der Waals surface area contributed by atoms with Gasteiger partial charge in [-0.3, -0.25) is 9.36 Å². The van der Waals surface area contributed by atoms with Crippen molar-refractivity contribution in [2.24, 2.45) is 0 Å². The third kappa shape index (κ3) is 4.82. The van der Waals surface area contributed by atoms with Gasteiger partial charge in [0.25, 0.3) is 5.56 Å². The second-order valence-electron chi connectivity index (χ2n) is 8.79. The van der Waals surface area contributed by atoms with Crippen molar-refractivity contribution in [2.45, 2.75) is 26.2 Å². The quantitative estimate of drug-likeness (QED) is 0.312. The standard InChI is InChI=1S/C27H24Cl2N2O2/c1-27(2,3)18-8-5-17(6-9-18)7-14-25-30-22-15-19(28)10-12-21(22)26(32)31(25)23-16-20(29)11-13-24(23)33-4/h5-16H,1-4H3/b14-7+. The first-order valence-corrected chi connectivity index (χ1v) is 11.3. The van der Waals surface area contributed by atoms with E-state index in [0.717, 1.165) is 5.56 Å². The number of benzene rings is 3. The maximum atomic E-state index is 13.6. The highest BCUT2D eigenvalue weighted by Gasteiger charge is 2.16. The second kappa shape index (κ2) is 9.05. The van der Waals surface area contributed by atoms with E-state index in [1.807, 2.05) is 12.2 Å². The Kier molecular flexibility index (Phi) is 6.33. The molecule has 0 aliphatic carbocycles. The van der Waals surface area contributed by atoms with Crippen LogP contribution in [-0.2, 0) is 5.41 Å². The van der Waals surface area contributed by atoms with Gasteiger partial charge in [-0.25, -0.2) is 4.98 Å². The predicted octanol–water partition coefficient (Wildman–Crippen LogP) is 7.17. The molecular weight excluding hydrogens is 455 g/mol. The molecular formula is C27H24Cl2N2O2. The first-order chi connectivity index (χ1) is 15.7. The molecule has 33 heavy (non-hydrogen) atoms. The molecule has 3 aromatic carbocycles. The third-order valence-electron chi connectivity index (χ3n) is 5.44. The van der Waals surface area contributed by atoms with E-state index in [-0.39, 0.29) is 11.0 Å². The van der Waals surface area contributed by atoms with Gasteiger partial charge in [0.1, 0.15) is 11.6 Å². The van der Waals surface area contributed by atoms with Gasteiger partial charge in [-0.2, -0.15) is 0 Å². The molecule has 4 rings (SSSR count). The Morgan fingerprint density at radius 1 is 0.909 bits per heavy atom. The molecule has 6 heteroatoms. The predicted molar refractivity (Wildman–Crippen MR) is 138 cm³/mol. The number of hydrogen-bond acceptors (Lipinski definition) is 3. The summed E-state index contributed by atoms with van der Waals surface area (Å²) in [5, 5.41) is 1.45. The van der Waals surface area contributed by atoms with E-state index in [4.69, 9.17) is 32.9 Å². The Bertz CT molecular complexity index is 1420. The van der Waals surface area contributed by atoms with Crippen LogP contribution < -0.4 is 10.3 Å². The molecule has 0 radical (unpaired) electrons. The van der Waals surface area contributed by atoms with Crippen LogP contribution in [0.15, 0.2) is 65.5 Å². The molecule has 168 valence electrons. The Morgan fingerprint density at radius 3 is 2.24 bits per heavy atom. The van der Waals surface area contributed by atoms with Gasteiger partial charge in [-0.1, -0.05) is 74.3 Å². The second-order valence-corrected chi connectivity index (χ2v) is 9.67. The lowest BCUT2D eigenvalue weighted by Gasteiger charge is -2.18. The van der Waals surface area contributed by atoms with E-state index < -0.39 is 0 Å². The average molecular weight is 479 g/mol. The van der Waals surface area contributed by atoms with Crippen LogP contribution >= 0.6 is 23.2 Å². The molecule has 0 saturated carbocycles. The van der Waals surface area contributed by atoms with Crippen molar-refractivity contribution in [1.82, 2.24) is 9.55 Å². The molecule has 0 spiro atoms. The van der Waals surface area contributed by atoms with Gasteiger partial charge in [0.2, 0.25) is 0 Å². The number of nitrogens with zero attached hydrogens (tertiary/aromatic N) is 2. The van der Waals surface area contributed by atoms with Crippen molar-refractivity contribution in [1.29, 1.82) is 0 Å². The lowest BCUT2D eigenvalue weighted by atomic mass is 9.87. The largest absolute Gasteiger partial charge is 0.495 e. The minimum Gasteiger partial charge on any atom is -0.495 e. The van der Waals surface area contributed by atoms with Crippen LogP contribution in [-0.4, -0.2) is 16.7 Å². The van der Waals surface area contributed by atoms with Crippen molar-refractivity contribution in [2.75, 3.05) is 7.11 Å². The maximum absolute atomic E-state index is 13.6. The number of ether oxygens (including phenoxy) is 1. The van der Waals surface area contributed by atoms with Crippen LogP contribution in [0.4, 0.5) is 0 Å². The number of aromatic nitrogens is 2. The summed E-state index contributed by atoms with van der Waals surface area (Å²) >= 11 is 12.4. The highest BCUT2D eigenvalue weighted by atomic mass is 35.5. The number of methoxy groups -OCH3 is 1. The lowest BCUT2D eigenvalue weighted by Crippen LogP contribution is -2.23. The van der Waals surface area contributed by atoms with Crippen molar-refractivity contribution < 1.29 is 4.74 Å². The topological polar surface area (TPSA) is 44.1 Å². The zero-order chi connectivity index (χ0) is 23.8. The number of rotatable bonds is 4. The normalized spacial score (nSPS) is 11.9. The Morgan fingerprint density at radius 2 is 1.58 bits per heavy atom. The number of hydrogen-bond donors (Lipinski definition) is 0. The third-order valence-corrected chi connectivity index (χ3v) is 5.91. The van der Waals surface area contributed by atoms with Crippen molar-refractivity contribution in [3.8, 4) is 11.4 Å². The highest BCUT2D eigenvalue weighted by Crippen LogP contribution is 2.28. The summed E-state index contributed by atoms with van der Waals surface area (Å²) in [6.07, 6.45) is 3.74. The van der Waals surface area contributed by atoms with Gasteiger partial charge in [0, 0.05) is 10.0 Å². The Hall–Kier alpha value is -3.08. The molecule has 0 bridgehead atoms. The van der Waals surface area contributed by atoms with Gasteiger partial charge < -0.3 is 4.74 Å². The van der Waals surface area contributed by atoms with Crippen LogP contribution in [0, 0.1) is 0 Å².